The summed E-state index contributed by atoms with van der Waals surface area (Å²) in [6.07, 6.45) is 1.98. The molecule has 108 valence electrons. The molecule has 22 heavy (non-hydrogen) atoms. The number of aromatic nitrogens is 3. The van der Waals surface area contributed by atoms with Gasteiger partial charge in [0, 0.05) is 35.1 Å². The van der Waals surface area contributed by atoms with Gasteiger partial charge in [0.1, 0.15) is 0 Å². The van der Waals surface area contributed by atoms with E-state index in [0.29, 0.717) is 11.4 Å². The van der Waals surface area contributed by atoms with Crippen LogP contribution in [0.15, 0.2) is 54.7 Å². The van der Waals surface area contributed by atoms with Gasteiger partial charge in [-0.1, -0.05) is 12.1 Å². The number of H-pyrrole nitrogens is 1. The van der Waals surface area contributed by atoms with Gasteiger partial charge in [0.05, 0.1) is 5.52 Å². The van der Waals surface area contributed by atoms with Crippen LogP contribution in [0.5, 0.6) is 0 Å². The number of nitrogens with one attached hydrogen (secondary N) is 2. The number of aromatic amines is 1. The van der Waals surface area contributed by atoms with Gasteiger partial charge in [-0.3, -0.25) is 9.89 Å². The summed E-state index contributed by atoms with van der Waals surface area (Å²) in [6.45, 7) is 0. The molecule has 0 unspecified atom stereocenters. The normalized spacial score (nSPS) is 11.1. The van der Waals surface area contributed by atoms with Crippen molar-refractivity contribution in [2.24, 2.45) is 7.05 Å². The van der Waals surface area contributed by atoms with E-state index in [4.69, 9.17) is 0 Å². The first-order chi connectivity index (χ1) is 10.7. The molecule has 5 heteroatoms. The molecular weight excluding hydrogens is 276 g/mol. The maximum atomic E-state index is 12.4. The molecule has 0 aliphatic carbocycles. The molecule has 0 aliphatic rings. The summed E-state index contributed by atoms with van der Waals surface area (Å²) >= 11 is 0. The molecule has 0 atom stereocenters. The van der Waals surface area contributed by atoms with Crippen molar-refractivity contribution < 1.29 is 4.79 Å². The highest BCUT2D eigenvalue weighted by Gasteiger charge is 2.11. The fourth-order valence-electron chi connectivity index (χ4n) is 2.66. The van der Waals surface area contributed by atoms with E-state index in [-0.39, 0.29) is 5.91 Å². The number of nitrogens with zero attached hydrogens (tertiary/aromatic N) is 2. The topological polar surface area (TPSA) is 62.7 Å². The Kier molecular flexibility index (Phi) is 2.72. The molecule has 4 aromatic rings. The van der Waals surface area contributed by atoms with Crippen LogP contribution in [-0.2, 0) is 7.05 Å². The standard InChI is InChI=1S/C17H14N4O/c1-21-9-8-11-10-12(6-7-15(11)21)17(22)18-16-13-4-2-3-5-14(13)19-20-16/h2-10H,1H3,(H2,18,19,20,22). The number of rotatable bonds is 2. The van der Waals surface area contributed by atoms with Gasteiger partial charge in [0.2, 0.25) is 0 Å². The molecule has 2 aromatic carbocycles. The maximum Gasteiger partial charge on any atom is 0.256 e. The van der Waals surface area contributed by atoms with Crippen molar-refractivity contribution in [2.45, 2.75) is 0 Å². The summed E-state index contributed by atoms with van der Waals surface area (Å²) in [5, 5.41) is 11.9. The van der Waals surface area contributed by atoms with Gasteiger partial charge < -0.3 is 9.88 Å². The van der Waals surface area contributed by atoms with Gasteiger partial charge in [-0.25, -0.2) is 0 Å². The molecule has 2 heterocycles. The second-order valence-corrected chi connectivity index (χ2v) is 5.27. The first-order valence-corrected chi connectivity index (χ1v) is 7.02. The van der Waals surface area contributed by atoms with Crippen molar-refractivity contribution in [2.75, 3.05) is 5.32 Å². The molecule has 0 aliphatic heterocycles. The summed E-state index contributed by atoms with van der Waals surface area (Å²) < 4.78 is 2.03. The molecule has 0 saturated heterocycles. The molecule has 0 radical (unpaired) electrons. The van der Waals surface area contributed by atoms with E-state index in [1.165, 1.54) is 0 Å². The predicted molar refractivity (Wildman–Crippen MR) is 87.0 cm³/mol. The molecule has 0 spiro atoms. The summed E-state index contributed by atoms with van der Waals surface area (Å²) in [5.41, 5.74) is 2.61. The van der Waals surface area contributed by atoms with E-state index in [0.717, 1.165) is 21.8 Å². The Morgan fingerprint density at radius 2 is 2.05 bits per heavy atom. The zero-order chi connectivity index (χ0) is 15.1. The highest BCUT2D eigenvalue weighted by molar-refractivity contribution is 6.09. The minimum atomic E-state index is -0.164. The van der Waals surface area contributed by atoms with Crippen LogP contribution in [0.4, 0.5) is 5.82 Å². The minimum Gasteiger partial charge on any atom is -0.351 e. The average Bonchev–Trinajstić information content (AvgIpc) is 3.12. The first kappa shape index (κ1) is 12.6. The van der Waals surface area contributed by atoms with Crippen LogP contribution < -0.4 is 5.32 Å². The lowest BCUT2D eigenvalue weighted by molar-refractivity contribution is 0.102. The van der Waals surface area contributed by atoms with Crippen LogP contribution in [0.25, 0.3) is 21.8 Å². The molecule has 4 rings (SSSR count). The Bertz CT molecular complexity index is 996. The van der Waals surface area contributed by atoms with Crippen LogP contribution in [0.1, 0.15) is 10.4 Å². The van der Waals surface area contributed by atoms with Crippen LogP contribution in [0.3, 0.4) is 0 Å². The Morgan fingerprint density at radius 3 is 2.95 bits per heavy atom. The smallest absolute Gasteiger partial charge is 0.256 e. The van der Waals surface area contributed by atoms with Crippen molar-refractivity contribution in [1.82, 2.24) is 14.8 Å². The number of fused-ring (bicyclic) bond motifs is 2. The van der Waals surface area contributed by atoms with Crippen LogP contribution in [0.2, 0.25) is 0 Å². The highest BCUT2D eigenvalue weighted by Crippen LogP contribution is 2.21. The van der Waals surface area contributed by atoms with Crippen molar-refractivity contribution in [3.8, 4) is 0 Å². The van der Waals surface area contributed by atoms with Gasteiger partial charge in [-0.2, -0.15) is 5.10 Å². The zero-order valence-corrected chi connectivity index (χ0v) is 12.0. The SMILES string of the molecule is Cn1ccc2cc(C(=O)Nc3n[nH]c4ccccc34)ccc21. The number of amides is 1. The molecule has 2 aromatic heterocycles. The Balaban J connectivity index is 1.68. The van der Waals surface area contributed by atoms with E-state index in [9.17, 15) is 4.79 Å². The van der Waals surface area contributed by atoms with E-state index in [1.54, 1.807) is 0 Å². The maximum absolute atomic E-state index is 12.4. The number of hydrogen-bond acceptors (Lipinski definition) is 2. The van der Waals surface area contributed by atoms with E-state index in [2.05, 4.69) is 15.5 Å². The monoisotopic (exact) mass is 290 g/mol. The Hall–Kier alpha value is -3.08. The van der Waals surface area contributed by atoms with Gasteiger partial charge in [-0.15, -0.1) is 0 Å². The molecule has 5 nitrogen and oxygen atoms in total. The first-order valence-electron chi connectivity index (χ1n) is 7.02. The molecule has 0 saturated carbocycles. The van der Waals surface area contributed by atoms with Crippen molar-refractivity contribution in [3.63, 3.8) is 0 Å². The van der Waals surface area contributed by atoms with Gasteiger partial charge in [0.15, 0.2) is 5.82 Å². The molecule has 2 N–H and O–H groups in total. The summed E-state index contributed by atoms with van der Waals surface area (Å²) in [5.74, 6) is 0.386. The fraction of sp³-hybridized carbons (Fsp3) is 0.0588. The number of aryl methyl sites for hydroxylation is 1. The lowest BCUT2D eigenvalue weighted by Gasteiger charge is -2.04. The van der Waals surface area contributed by atoms with E-state index < -0.39 is 0 Å². The number of carbonyl (C=O) groups is 1. The number of anilines is 1. The second kappa shape index (κ2) is 4.73. The largest absolute Gasteiger partial charge is 0.351 e. The zero-order valence-electron chi connectivity index (χ0n) is 12.0. The lowest BCUT2D eigenvalue weighted by Crippen LogP contribution is -2.12. The quantitative estimate of drug-likeness (QED) is 0.595. The summed E-state index contributed by atoms with van der Waals surface area (Å²) in [7, 11) is 1.98. The van der Waals surface area contributed by atoms with E-state index in [1.807, 2.05) is 66.3 Å². The summed E-state index contributed by atoms with van der Waals surface area (Å²) in [4.78, 5) is 12.4. The average molecular weight is 290 g/mol. The van der Waals surface area contributed by atoms with Crippen molar-refractivity contribution >= 4 is 33.5 Å². The molecule has 1 amide bonds. The van der Waals surface area contributed by atoms with Crippen LogP contribution >= 0.6 is 0 Å². The minimum absolute atomic E-state index is 0.164. The van der Waals surface area contributed by atoms with Crippen LogP contribution in [0, 0.1) is 0 Å². The van der Waals surface area contributed by atoms with Crippen LogP contribution in [-0.4, -0.2) is 20.7 Å². The Labute approximate surface area is 126 Å². The Morgan fingerprint density at radius 1 is 1.18 bits per heavy atom. The van der Waals surface area contributed by atoms with Crippen molar-refractivity contribution in [1.29, 1.82) is 0 Å². The third kappa shape index (κ3) is 1.95. The lowest BCUT2D eigenvalue weighted by atomic mass is 10.1. The number of carbonyl (C=O) groups excluding carboxylic acids is 1. The predicted octanol–water partition coefficient (Wildman–Crippen LogP) is 3.31. The van der Waals surface area contributed by atoms with Crippen molar-refractivity contribution in [3.05, 3.63) is 60.3 Å². The number of benzene rings is 2. The summed E-state index contributed by atoms with van der Waals surface area (Å²) in [6, 6.07) is 15.4. The molecule has 0 bridgehead atoms. The van der Waals surface area contributed by atoms with Gasteiger partial charge >= 0.3 is 0 Å². The third-order valence-corrected chi connectivity index (χ3v) is 3.85. The van der Waals surface area contributed by atoms with E-state index >= 15 is 0 Å². The molecule has 0 fully saturated rings. The van der Waals surface area contributed by atoms with Gasteiger partial charge in [0.25, 0.3) is 5.91 Å². The fourth-order valence-corrected chi connectivity index (χ4v) is 2.66. The second-order valence-electron chi connectivity index (χ2n) is 5.27. The number of hydrogen-bond donors (Lipinski definition) is 2. The number of para-hydroxylation sites is 1. The third-order valence-electron chi connectivity index (χ3n) is 3.85. The van der Waals surface area contributed by atoms with Gasteiger partial charge in [-0.05, 0) is 36.4 Å². The highest BCUT2D eigenvalue weighted by atomic mass is 16.1. The molecular formula is C17H14N4O.